The van der Waals surface area contributed by atoms with Crippen LogP contribution in [0.1, 0.15) is 50.2 Å². The van der Waals surface area contributed by atoms with Gasteiger partial charge < -0.3 is 20.4 Å². The van der Waals surface area contributed by atoms with Crippen molar-refractivity contribution in [1.29, 1.82) is 0 Å². The molecule has 182 valence electrons. The summed E-state index contributed by atoms with van der Waals surface area (Å²) >= 11 is 0. The Morgan fingerprint density at radius 2 is 1.35 bits per heavy atom. The topological polar surface area (TPSA) is 77.0 Å². The molecular weight excluding hydrogens is 541 g/mol. The lowest BCUT2D eigenvalue weighted by molar-refractivity contribution is -0.119. The summed E-state index contributed by atoms with van der Waals surface area (Å²) in [6.07, 6.45) is 4.27. The number of nitrogens with one attached hydrogen (secondary N) is 2. The molecule has 0 saturated carbocycles. The molecule has 0 atom stereocenters. The van der Waals surface area contributed by atoms with Crippen LogP contribution in [-0.2, 0) is 22.7 Å². The lowest BCUT2D eigenvalue weighted by Crippen LogP contribution is -2.36. The van der Waals surface area contributed by atoms with Crippen LogP contribution >= 0.6 is 24.0 Å². The van der Waals surface area contributed by atoms with Crippen molar-refractivity contribution in [3.8, 4) is 0 Å². The number of anilines is 2. The maximum absolute atomic E-state index is 12.1. The summed E-state index contributed by atoms with van der Waals surface area (Å²) in [6.45, 7) is 5.64. The van der Waals surface area contributed by atoms with Crippen LogP contribution in [0.5, 0.6) is 0 Å². The molecule has 2 aromatic rings. The van der Waals surface area contributed by atoms with Gasteiger partial charge in [-0.3, -0.25) is 9.59 Å². The first kappa shape index (κ1) is 26.0. The van der Waals surface area contributed by atoms with E-state index in [-0.39, 0.29) is 35.8 Å². The van der Waals surface area contributed by atoms with Gasteiger partial charge in [0.2, 0.25) is 11.8 Å². The van der Waals surface area contributed by atoms with Crippen molar-refractivity contribution >= 4 is 53.1 Å². The van der Waals surface area contributed by atoms with E-state index < -0.39 is 0 Å². The van der Waals surface area contributed by atoms with Gasteiger partial charge in [-0.2, -0.15) is 0 Å². The molecule has 2 aliphatic heterocycles. The van der Waals surface area contributed by atoms with Crippen LogP contribution in [0.4, 0.5) is 11.4 Å². The second kappa shape index (κ2) is 12.7. The highest BCUT2D eigenvalue weighted by Crippen LogP contribution is 2.22. The molecule has 34 heavy (non-hydrogen) atoms. The van der Waals surface area contributed by atoms with Crippen molar-refractivity contribution in [2.24, 2.45) is 4.99 Å². The van der Waals surface area contributed by atoms with E-state index in [0.29, 0.717) is 25.9 Å². The quantitative estimate of drug-likeness (QED) is 0.295. The minimum Gasteiger partial charge on any atom is -0.357 e. The van der Waals surface area contributed by atoms with Crippen LogP contribution in [-0.4, -0.2) is 37.4 Å². The number of halogens is 1. The highest BCUT2D eigenvalue weighted by atomic mass is 127. The normalized spacial score (nSPS) is 16.4. The Morgan fingerprint density at radius 3 is 1.91 bits per heavy atom. The van der Waals surface area contributed by atoms with Crippen molar-refractivity contribution in [3.05, 3.63) is 59.7 Å². The summed E-state index contributed by atoms with van der Waals surface area (Å²) in [6, 6.07) is 16.3. The van der Waals surface area contributed by atoms with E-state index in [1.165, 1.54) is 0 Å². The van der Waals surface area contributed by atoms with Crippen LogP contribution in [0.15, 0.2) is 53.5 Å². The maximum atomic E-state index is 12.1. The molecule has 2 aromatic carbocycles. The van der Waals surface area contributed by atoms with E-state index in [2.05, 4.69) is 22.8 Å². The lowest BCUT2D eigenvalue weighted by Gasteiger charge is -2.26. The van der Waals surface area contributed by atoms with Crippen molar-refractivity contribution in [2.75, 3.05) is 29.4 Å². The molecule has 2 saturated heterocycles. The summed E-state index contributed by atoms with van der Waals surface area (Å²) < 4.78 is 0. The van der Waals surface area contributed by atoms with Crippen molar-refractivity contribution in [2.45, 2.75) is 52.1 Å². The molecule has 4 rings (SSSR count). The molecule has 0 radical (unpaired) electrons. The number of guanidine groups is 1. The molecule has 8 heteroatoms. The minimum atomic E-state index is 0. The molecule has 0 aliphatic carbocycles. The zero-order chi connectivity index (χ0) is 23.0. The third-order valence-corrected chi connectivity index (χ3v) is 6.12. The Balaban J connectivity index is 0.00000324. The molecule has 2 heterocycles. The Labute approximate surface area is 219 Å². The second-order valence-corrected chi connectivity index (χ2v) is 8.53. The van der Waals surface area contributed by atoms with E-state index in [4.69, 9.17) is 4.99 Å². The van der Waals surface area contributed by atoms with Crippen molar-refractivity contribution in [3.63, 3.8) is 0 Å². The molecule has 2 N–H and O–H groups in total. The van der Waals surface area contributed by atoms with Crippen LogP contribution in [0, 0.1) is 0 Å². The standard InChI is InChI=1S/C26H33N5O2.HI/c1-2-27-26(29-19-21-10-14-23(15-11-21)31-17-5-7-25(31)33)28-18-20-8-12-22(13-9-20)30-16-4-3-6-24(30)32;/h8-15H,2-7,16-19H2,1H3,(H2,27,28,29);1H. The summed E-state index contributed by atoms with van der Waals surface area (Å²) in [7, 11) is 0. The van der Waals surface area contributed by atoms with E-state index in [1.54, 1.807) is 0 Å². The number of piperidine rings is 1. The number of nitrogens with zero attached hydrogens (tertiary/aromatic N) is 3. The highest BCUT2D eigenvalue weighted by Gasteiger charge is 2.21. The maximum Gasteiger partial charge on any atom is 0.227 e. The summed E-state index contributed by atoms with van der Waals surface area (Å²) in [5, 5.41) is 6.67. The van der Waals surface area contributed by atoms with Crippen molar-refractivity contribution in [1.82, 2.24) is 10.6 Å². The number of benzene rings is 2. The average molecular weight is 575 g/mol. The first-order chi connectivity index (χ1) is 16.1. The fraction of sp³-hybridized carbons (Fsp3) is 0.423. The van der Waals surface area contributed by atoms with Crippen LogP contribution in [0.25, 0.3) is 0 Å². The molecule has 0 aromatic heterocycles. The highest BCUT2D eigenvalue weighted by molar-refractivity contribution is 14.0. The zero-order valence-electron chi connectivity index (χ0n) is 19.8. The Hall–Kier alpha value is -2.62. The van der Waals surface area contributed by atoms with Gasteiger partial charge in [-0.25, -0.2) is 4.99 Å². The lowest BCUT2D eigenvalue weighted by atomic mass is 10.1. The van der Waals surface area contributed by atoms with E-state index in [9.17, 15) is 9.59 Å². The van der Waals surface area contributed by atoms with Gasteiger partial charge in [-0.1, -0.05) is 24.3 Å². The predicted molar refractivity (Wildman–Crippen MR) is 148 cm³/mol. The fourth-order valence-corrected chi connectivity index (χ4v) is 4.27. The molecule has 0 unspecified atom stereocenters. The van der Waals surface area contributed by atoms with Gasteiger partial charge in [-0.05, 0) is 61.6 Å². The van der Waals surface area contributed by atoms with Gasteiger partial charge in [0.15, 0.2) is 5.96 Å². The van der Waals surface area contributed by atoms with E-state index in [0.717, 1.165) is 67.4 Å². The largest absolute Gasteiger partial charge is 0.357 e. The van der Waals surface area contributed by atoms with Gasteiger partial charge in [0.05, 0.1) is 6.54 Å². The number of hydrogen-bond donors (Lipinski definition) is 2. The van der Waals surface area contributed by atoms with E-state index in [1.807, 2.05) is 53.1 Å². The van der Waals surface area contributed by atoms with Crippen LogP contribution < -0.4 is 20.4 Å². The number of hydrogen-bond acceptors (Lipinski definition) is 3. The number of aliphatic imine (C=N–C) groups is 1. The predicted octanol–water partition coefficient (Wildman–Crippen LogP) is 4.20. The van der Waals surface area contributed by atoms with Crippen LogP contribution in [0.3, 0.4) is 0 Å². The van der Waals surface area contributed by atoms with Gasteiger partial charge in [0.25, 0.3) is 0 Å². The molecule has 2 amide bonds. The third-order valence-electron chi connectivity index (χ3n) is 6.12. The molecular formula is C26H34IN5O2. The molecule has 0 spiro atoms. The second-order valence-electron chi connectivity index (χ2n) is 8.53. The van der Waals surface area contributed by atoms with E-state index >= 15 is 0 Å². The molecule has 2 fully saturated rings. The third kappa shape index (κ3) is 6.71. The monoisotopic (exact) mass is 575 g/mol. The van der Waals surface area contributed by atoms with Crippen molar-refractivity contribution < 1.29 is 9.59 Å². The first-order valence-corrected chi connectivity index (χ1v) is 11.9. The SMILES string of the molecule is CCNC(=NCc1ccc(N2CCCCC2=O)cc1)NCc1ccc(N2CCCC2=O)cc1.I. The number of carbonyl (C=O) groups is 2. The minimum absolute atomic E-state index is 0. The van der Waals surface area contributed by atoms with Gasteiger partial charge in [0, 0.05) is 50.4 Å². The van der Waals surface area contributed by atoms with Crippen LogP contribution in [0.2, 0.25) is 0 Å². The summed E-state index contributed by atoms with van der Waals surface area (Å²) in [5.74, 6) is 1.18. The Kier molecular flexibility index (Phi) is 9.74. The summed E-state index contributed by atoms with van der Waals surface area (Å²) in [4.78, 5) is 32.5. The first-order valence-electron chi connectivity index (χ1n) is 11.9. The molecule has 7 nitrogen and oxygen atoms in total. The smallest absolute Gasteiger partial charge is 0.227 e. The molecule has 0 bridgehead atoms. The summed E-state index contributed by atoms with van der Waals surface area (Å²) in [5.41, 5.74) is 4.17. The molecule has 2 aliphatic rings. The number of rotatable bonds is 7. The zero-order valence-corrected chi connectivity index (χ0v) is 22.1. The van der Waals surface area contributed by atoms with Gasteiger partial charge in [0.1, 0.15) is 0 Å². The van der Waals surface area contributed by atoms with Gasteiger partial charge in [-0.15, -0.1) is 24.0 Å². The average Bonchev–Trinajstić information content (AvgIpc) is 3.28. The Morgan fingerprint density at radius 1 is 0.794 bits per heavy atom. The Bertz CT molecular complexity index is 991. The number of carbonyl (C=O) groups excluding carboxylic acids is 2. The number of amides is 2. The van der Waals surface area contributed by atoms with Gasteiger partial charge >= 0.3 is 0 Å². The fourth-order valence-electron chi connectivity index (χ4n) is 4.27.